The Morgan fingerprint density at radius 2 is 1.70 bits per heavy atom. The SMILES string of the molecule is O=C(NCCc1ccccn1)Nc1ccc(C(=O)N2CCCCCC2)cc1. The number of carbonyl (C=O) groups is 2. The second-order valence-corrected chi connectivity index (χ2v) is 6.74. The van der Waals surface area contributed by atoms with Crippen molar-refractivity contribution in [3.8, 4) is 0 Å². The number of anilines is 1. The summed E-state index contributed by atoms with van der Waals surface area (Å²) in [6.45, 7) is 2.17. The zero-order valence-electron chi connectivity index (χ0n) is 15.5. The van der Waals surface area contributed by atoms with Crippen molar-refractivity contribution in [2.24, 2.45) is 0 Å². The van der Waals surface area contributed by atoms with Crippen molar-refractivity contribution in [3.63, 3.8) is 0 Å². The summed E-state index contributed by atoms with van der Waals surface area (Å²) in [5, 5.41) is 5.60. The average molecular weight is 366 g/mol. The molecule has 2 N–H and O–H groups in total. The van der Waals surface area contributed by atoms with Gasteiger partial charge in [-0.15, -0.1) is 0 Å². The first-order valence-electron chi connectivity index (χ1n) is 9.56. The maximum Gasteiger partial charge on any atom is 0.319 e. The van der Waals surface area contributed by atoms with E-state index in [-0.39, 0.29) is 11.9 Å². The first-order chi connectivity index (χ1) is 13.2. The van der Waals surface area contributed by atoms with Crippen molar-refractivity contribution in [1.29, 1.82) is 0 Å². The van der Waals surface area contributed by atoms with Crippen molar-refractivity contribution in [2.45, 2.75) is 32.1 Å². The van der Waals surface area contributed by atoms with E-state index in [4.69, 9.17) is 0 Å². The normalized spacial score (nSPS) is 14.3. The van der Waals surface area contributed by atoms with Crippen LogP contribution in [0.3, 0.4) is 0 Å². The maximum atomic E-state index is 12.6. The monoisotopic (exact) mass is 366 g/mol. The molecule has 0 saturated carbocycles. The second kappa shape index (κ2) is 9.71. The van der Waals surface area contributed by atoms with Crippen molar-refractivity contribution >= 4 is 17.6 Å². The predicted octanol–water partition coefficient (Wildman–Crippen LogP) is 3.46. The molecule has 142 valence electrons. The fraction of sp³-hybridized carbons (Fsp3) is 0.381. The van der Waals surface area contributed by atoms with E-state index in [1.165, 1.54) is 12.8 Å². The number of nitrogens with one attached hydrogen (secondary N) is 2. The summed E-state index contributed by atoms with van der Waals surface area (Å²) in [7, 11) is 0. The Labute approximate surface area is 160 Å². The van der Waals surface area contributed by atoms with Gasteiger partial charge in [-0.3, -0.25) is 9.78 Å². The first kappa shape index (κ1) is 18.9. The predicted molar refractivity (Wildman–Crippen MR) is 106 cm³/mol. The smallest absolute Gasteiger partial charge is 0.319 e. The van der Waals surface area contributed by atoms with Gasteiger partial charge in [0.1, 0.15) is 0 Å². The van der Waals surface area contributed by atoms with E-state index >= 15 is 0 Å². The average Bonchev–Trinajstić information content (AvgIpc) is 2.98. The number of benzene rings is 1. The lowest BCUT2D eigenvalue weighted by Gasteiger charge is -2.20. The Bertz CT molecular complexity index is 739. The molecule has 0 atom stereocenters. The molecule has 6 heteroatoms. The summed E-state index contributed by atoms with van der Waals surface area (Å²) in [5.74, 6) is 0.0725. The Morgan fingerprint density at radius 1 is 0.963 bits per heavy atom. The van der Waals surface area contributed by atoms with E-state index < -0.39 is 0 Å². The number of amides is 3. The Hall–Kier alpha value is -2.89. The van der Waals surface area contributed by atoms with Crippen LogP contribution in [0.2, 0.25) is 0 Å². The molecule has 0 radical (unpaired) electrons. The van der Waals surface area contributed by atoms with Gasteiger partial charge in [-0.05, 0) is 49.2 Å². The van der Waals surface area contributed by atoms with E-state index in [1.807, 2.05) is 23.1 Å². The molecular formula is C21H26N4O2. The molecule has 1 fully saturated rings. The zero-order chi connectivity index (χ0) is 18.9. The van der Waals surface area contributed by atoms with Crippen LogP contribution in [-0.2, 0) is 6.42 Å². The minimum Gasteiger partial charge on any atom is -0.339 e. The van der Waals surface area contributed by atoms with Crippen molar-refractivity contribution in [1.82, 2.24) is 15.2 Å². The zero-order valence-corrected chi connectivity index (χ0v) is 15.5. The number of carbonyl (C=O) groups excluding carboxylic acids is 2. The highest BCUT2D eigenvalue weighted by Gasteiger charge is 2.17. The van der Waals surface area contributed by atoms with Crippen LogP contribution in [0.5, 0.6) is 0 Å². The molecule has 0 bridgehead atoms. The highest BCUT2D eigenvalue weighted by Crippen LogP contribution is 2.15. The summed E-state index contributed by atoms with van der Waals surface area (Å²) < 4.78 is 0. The van der Waals surface area contributed by atoms with E-state index in [9.17, 15) is 9.59 Å². The lowest BCUT2D eigenvalue weighted by atomic mass is 10.1. The topological polar surface area (TPSA) is 74.3 Å². The minimum atomic E-state index is -0.266. The largest absolute Gasteiger partial charge is 0.339 e. The summed E-state index contributed by atoms with van der Waals surface area (Å²) in [6, 6.07) is 12.5. The van der Waals surface area contributed by atoms with Crippen molar-refractivity contribution < 1.29 is 9.59 Å². The number of nitrogens with zero attached hydrogens (tertiary/aromatic N) is 2. The van der Waals surface area contributed by atoms with Gasteiger partial charge in [0.15, 0.2) is 0 Å². The molecule has 1 aromatic carbocycles. The number of aromatic nitrogens is 1. The van der Waals surface area contributed by atoms with E-state index in [0.29, 0.717) is 24.2 Å². The van der Waals surface area contributed by atoms with Crippen LogP contribution in [0.25, 0.3) is 0 Å². The van der Waals surface area contributed by atoms with Gasteiger partial charge in [0.05, 0.1) is 0 Å². The first-order valence-corrected chi connectivity index (χ1v) is 9.56. The molecule has 2 heterocycles. The third-order valence-electron chi connectivity index (χ3n) is 4.68. The van der Waals surface area contributed by atoms with Gasteiger partial charge in [0.25, 0.3) is 5.91 Å². The Kier molecular flexibility index (Phi) is 6.79. The number of urea groups is 1. The third-order valence-corrected chi connectivity index (χ3v) is 4.68. The van der Waals surface area contributed by atoms with Crippen LogP contribution in [-0.4, -0.2) is 41.5 Å². The van der Waals surface area contributed by atoms with Gasteiger partial charge in [-0.25, -0.2) is 4.79 Å². The fourth-order valence-corrected chi connectivity index (χ4v) is 3.18. The molecule has 0 aliphatic carbocycles. The summed E-state index contributed by atoms with van der Waals surface area (Å²) in [5.41, 5.74) is 2.27. The number of hydrogen-bond acceptors (Lipinski definition) is 3. The molecule has 3 rings (SSSR count). The molecule has 0 spiro atoms. The van der Waals surface area contributed by atoms with Gasteiger partial charge in [-0.2, -0.15) is 0 Å². The van der Waals surface area contributed by atoms with E-state index in [1.54, 1.807) is 30.5 Å². The van der Waals surface area contributed by atoms with Crippen LogP contribution in [0.4, 0.5) is 10.5 Å². The van der Waals surface area contributed by atoms with Crippen molar-refractivity contribution in [2.75, 3.05) is 25.0 Å². The highest BCUT2D eigenvalue weighted by atomic mass is 16.2. The fourth-order valence-electron chi connectivity index (χ4n) is 3.18. The number of likely N-dealkylation sites (tertiary alicyclic amines) is 1. The maximum absolute atomic E-state index is 12.6. The molecular weight excluding hydrogens is 340 g/mol. The van der Waals surface area contributed by atoms with Crippen LogP contribution in [0.15, 0.2) is 48.7 Å². The standard InChI is InChI=1S/C21H26N4O2/c26-20(25-15-5-1-2-6-16-25)17-8-10-19(11-9-17)24-21(27)23-14-12-18-7-3-4-13-22-18/h3-4,7-11,13H,1-2,5-6,12,14-16H2,(H2,23,24,27). The van der Waals surface area contributed by atoms with Crippen LogP contribution in [0, 0.1) is 0 Å². The third kappa shape index (κ3) is 5.81. The molecule has 2 aromatic rings. The summed E-state index contributed by atoms with van der Waals surface area (Å²) in [4.78, 5) is 30.7. The summed E-state index contributed by atoms with van der Waals surface area (Å²) >= 11 is 0. The quantitative estimate of drug-likeness (QED) is 0.851. The van der Waals surface area contributed by atoms with Gasteiger partial charge in [-0.1, -0.05) is 18.9 Å². The molecule has 1 aliphatic rings. The van der Waals surface area contributed by atoms with Crippen LogP contribution in [0.1, 0.15) is 41.7 Å². The number of rotatable bonds is 5. The number of hydrogen-bond donors (Lipinski definition) is 2. The lowest BCUT2D eigenvalue weighted by Crippen LogP contribution is -2.32. The molecule has 3 amide bonds. The number of pyridine rings is 1. The molecule has 0 unspecified atom stereocenters. The Morgan fingerprint density at radius 3 is 2.37 bits per heavy atom. The van der Waals surface area contributed by atoms with Crippen LogP contribution < -0.4 is 10.6 Å². The minimum absolute atomic E-state index is 0.0725. The summed E-state index contributed by atoms with van der Waals surface area (Å²) in [6.07, 6.45) is 6.96. The van der Waals surface area contributed by atoms with E-state index in [2.05, 4.69) is 15.6 Å². The molecule has 1 saturated heterocycles. The highest BCUT2D eigenvalue weighted by molar-refractivity contribution is 5.95. The van der Waals surface area contributed by atoms with Gasteiger partial charge in [0, 0.05) is 49.2 Å². The van der Waals surface area contributed by atoms with Gasteiger partial charge >= 0.3 is 6.03 Å². The van der Waals surface area contributed by atoms with Gasteiger partial charge in [0.2, 0.25) is 0 Å². The van der Waals surface area contributed by atoms with Crippen molar-refractivity contribution in [3.05, 3.63) is 59.9 Å². The van der Waals surface area contributed by atoms with E-state index in [0.717, 1.165) is 31.6 Å². The van der Waals surface area contributed by atoms with Gasteiger partial charge < -0.3 is 15.5 Å². The Balaban J connectivity index is 1.46. The van der Waals surface area contributed by atoms with Crippen LogP contribution >= 0.6 is 0 Å². The second-order valence-electron chi connectivity index (χ2n) is 6.74. The lowest BCUT2D eigenvalue weighted by molar-refractivity contribution is 0.0761. The molecule has 27 heavy (non-hydrogen) atoms. The molecule has 1 aromatic heterocycles. The molecule has 6 nitrogen and oxygen atoms in total. The molecule has 1 aliphatic heterocycles.